The molecule has 0 spiro atoms. The highest BCUT2D eigenvalue weighted by molar-refractivity contribution is 5.67. The van der Waals surface area contributed by atoms with Gasteiger partial charge in [0.05, 0.1) is 26.4 Å². The lowest BCUT2D eigenvalue weighted by molar-refractivity contribution is -0.312. The fraction of sp³-hybridized carbons (Fsp3) is 0.355. The molecule has 0 bridgehead atoms. The molecule has 39 heavy (non-hydrogen) atoms. The zero-order chi connectivity index (χ0) is 27.5. The van der Waals surface area contributed by atoms with Crippen molar-refractivity contribution < 1.29 is 38.0 Å². The predicted octanol–water partition coefficient (Wildman–Crippen LogP) is 4.59. The lowest BCUT2D eigenvalue weighted by Crippen LogP contribution is -2.62. The molecular formula is C31H34O8. The fourth-order valence-electron chi connectivity index (χ4n) is 4.38. The zero-order valence-corrected chi connectivity index (χ0v) is 22.1. The Morgan fingerprint density at radius 2 is 1.08 bits per heavy atom. The Morgan fingerprint density at radius 3 is 1.56 bits per heavy atom. The van der Waals surface area contributed by atoms with Crippen LogP contribution >= 0.6 is 0 Å². The smallest absolute Gasteiger partial charge is 0.305 e. The second kappa shape index (κ2) is 14.6. The van der Waals surface area contributed by atoms with Crippen LogP contribution < -0.4 is 0 Å². The van der Waals surface area contributed by atoms with Gasteiger partial charge in [-0.05, 0) is 16.7 Å². The van der Waals surface area contributed by atoms with Gasteiger partial charge in [-0.2, -0.15) is 0 Å². The van der Waals surface area contributed by atoms with E-state index in [9.17, 15) is 9.59 Å². The van der Waals surface area contributed by atoms with E-state index in [2.05, 4.69) is 0 Å². The van der Waals surface area contributed by atoms with Crippen molar-refractivity contribution >= 4 is 11.9 Å². The summed E-state index contributed by atoms with van der Waals surface area (Å²) in [5, 5.41) is 0. The maximum absolute atomic E-state index is 12.1. The van der Waals surface area contributed by atoms with Crippen LogP contribution in [0.25, 0.3) is 0 Å². The number of esters is 2. The Hall–Kier alpha value is -3.56. The van der Waals surface area contributed by atoms with Crippen LogP contribution in [-0.4, -0.2) is 49.3 Å². The average Bonchev–Trinajstić information content (AvgIpc) is 2.94. The van der Waals surface area contributed by atoms with Crippen molar-refractivity contribution in [2.24, 2.45) is 0 Å². The number of rotatable bonds is 12. The minimum atomic E-state index is -1.20. The summed E-state index contributed by atoms with van der Waals surface area (Å²) in [5.41, 5.74) is 2.88. The van der Waals surface area contributed by atoms with E-state index >= 15 is 0 Å². The van der Waals surface area contributed by atoms with Gasteiger partial charge in [-0.15, -0.1) is 0 Å². The maximum Gasteiger partial charge on any atom is 0.305 e. The van der Waals surface area contributed by atoms with Crippen LogP contribution in [0.3, 0.4) is 0 Å². The molecule has 1 aliphatic heterocycles. The third kappa shape index (κ3) is 8.73. The van der Waals surface area contributed by atoms with E-state index in [1.807, 2.05) is 91.0 Å². The molecule has 3 aromatic carbocycles. The van der Waals surface area contributed by atoms with E-state index < -0.39 is 42.6 Å². The molecule has 1 aliphatic rings. The van der Waals surface area contributed by atoms with Crippen molar-refractivity contribution in [2.45, 2.75) is 64.4 Å². The van der Waals surface area contributed by atoms with E-state index in [-0.39, 0.29) is 19.8 Å². The molecule has 8 nitrogen and oxygen atoms in total. The molecule has 1 saturated heterocycles. The van der Waals surface area contributed by atoms with Gasteiger partial charge in [0.2, 0.25) is 6.29 Å². The van der Waals surface area contributed by atoms with E-state index in [0.717, 1.165) is 16.7 Å². The highest BCUT2D eigenvalue weighted by Crippen LogP contribution is 2.31. The third-order valence-corrected chi connectivity index (χ3v) is 6.14. The Morgan fingerprint density at radius 1 is 0.615 bits per heavy atom. The Labute approximate surface area is 228 Å². The molecule has 0 aromatic heterocycles. The number of carbonyl (C=O) groups is 2. The van der Waals surface area contributed by atoms with Crippen molar-refractivity contribution in [3.05, 3.63) is 108 Å². The first-order valence-corrected chi connectivity index (χ1v) is 12.9. The van der Waals surface area contributed by atoms with Crippen LogP contribution in [0.5, 0.6) is 0 Å². The Balaban J connectivity index is 1.60. The molecule has 0 N–H and O–H groups in total. The Kier molecular flexibility index (Phi) is 10.6. The van der Waals surface area contributed by atoms with Crippen molar-refractivity contribution in [1.29, 1.82) is 0 Å². The van der Waals surface area contributed by atoms with Gasteiger partial charge < -0.3 is 28.4 Å². The molecule has 8 heteroatoms. The second-order valence-corrected chi connectivity index (χ2v) is 9.25. The minimum Gasteiger partial charge on any atom is -0.453 e. The monoisotopic (exact) mass is 534 g/mol. The van der Waals surface area contributed by atoms with Gasteiger partial charge in [-0.3, -0.25) is 9.59 Å². The summed E-state index contributed by atoms with van der Waals surface area (Å²) < 4.78 is 36.0. The van der Waals surface area contributed by atoms with E-state index in [1.165, 1.54) is 13.8 Å². The minimum absolute atomic E-state index is 0.129. The molecule has 0 aliphatic carbocycles. The molecule has 206 valence electrons. The lowest BCUT2D eigenvalue weighted by atomic mass is 9.98. The van der Waals surface area contributed by atoms with E-state index in [1.54, 1.807) is 0 Å². The fourth-order valence-corrected chi connectivity index (χ4v) is 4.38. The van der Waals surface area contributed by atoms with Gasteiger partial charge in [-0.25, -0.2) is 0 Å². The summed E-state index contributed by atoms with van der Waals surface area (Å²) in [7, 11) is 0. The lowest BCUT2D eigenvalue weighted by Gasteiger charge is -2.44. The number of hydrogen-bond donors (Lipinski definition) is 0. The number of carbonyl (C=O) groups excluding carboxylic acids is 2. The van der Waals surface area contributed by atoms with Crippen molar-refractivity contribution in [3.63, 3.8) is 0 Å². The second-order valence-electron chi connectivity index (χ2n) is 9.25. The van der Waals surface area contributed by atoms with Gasteiger partial charge in [-0.1, -0.05) is 91.0 Å². The molecule has 1 fully saturated rings. The van der Waals surface area contributed by atoms with E-state index in [0.29, 0.717) is 6.61 Å². The molecule has 1 heterocycles. The van der Waals surface area contributed by atoms with Crippen molar-refractivity contribution in [2.75, 3.05) is 6.61 Å². The van der Waals surface area contributed by atoms with Gasteiger partial charge in [0, 0.05) is 13.8 Å². The maximum atomic E-state index is 12.1. The molecule has 0 saturated carbocycles. The third-order valence-electron chi connectivity index (χ3n) is 6.14. The van der Waals surface area contributed by atoms with Crippen LogP contribution in [0.15, 0.2) is 91.0 Å². The van der Waals surface area contributed by atoms with Gasteiger partial charge in [0.1, 0.15) is 18.3 Å². The largest absolute Gasteiger partial charge is 0.453 e. The first-order chi connectivity index (χ1) is 19.0. The normalized spacial score (nSPS) is 22.7. The summed E-state index contributed by atoms with van der Waals surface area (Å²) in [6.07, 6.45) is -4.47. The SMILES string of the molecule is CC(=O)OC1[C@H](OC(C)=O)OC(COCc2ccccc2)[C@H](OCc2ccccc2)[C@H]1OCc1ccccc1. The molecule has 2 unspecified atom stereocenters. The number of benzene rings is 3. The van der Waals surface area contributed by atoms with Gasteiger partial charge >= 0.3 is 11.9 Å². The quantitative estimate of drug-likeness (QED) is 0.312. The first-order valence-electron chi connectivity index (χ1n) is 12.9. The van der Waals surface area contributed by atoms with Crippen LogP contribution in [0, 0.1) is 0 Å². The Bertz CT molecular complexity index is 1150. The summed E-state index contributed by atoms with van der Waals surface area (Å²) in [6.45, 7) is 3.53. The first kappa shape index (κ1) is 28.4. The summed E-state index contributed by atoms with van der Waals surface area (Å²) >= 11 is 0. The van der Waals surface area contributed by atoms with Crippen LogP contribution in [-0.2, 0) is 57.8 Å². The van der Waals surface area contributed by atoms with Crippen molar-refractivity contribution in [1.82, 2.24) is 0 Å². The zero-order valence-electron chi connectivity index (χ0n) is 22.1. The molecule has 4 rings (SSSR count). The number of hydrogen-bond acceptors (Lipinski definition) is 8. The van der Waals surface area contributed by atoms with Crippen molar-refractivity contribution in [3.8, 4) is 0 Å². The highest BCUT2D eigenvalue weighted by atomic mass is 16.7. The van der Waals surface area contributed by atoms with Crippen LogP contribution in [0.2, 0.25) is 0 Å². The van der Waals surface area contributed by atoms with Gasteiger partial charge in [0.25, 0.3) is 0 Å². The van der Waals surface area contributed by atoms with Crippen LogP contribution in [0.4, 0.5) is 0 Å². The standard InChI is InChI=1S/C31H34O8/c1-22(32)37-30-29(36-20-26-16-10-5-11-17-26)28(35-19-25-14-8-4-9-15-25)27(39-31(30)38-23(2)33)21-34-18-24-12-6-3-7-13-24/h3-17,27-31H,18-21H2,1-2H3/t27?,28-,29+,30?,31+/m0/s1. The summed E-state index contributed by atoms with van der Waals surface area (Å²) in [6, 6.07) is 29.1. The van der Waals surface area contributed by atoms with Crippen LogP contribution in [0.1, 0.15) is 30.5 Å². The number of ether oxygens (including phenoxy) is 6. The molecule has 3 aromatic rings. The van der Waals surface area contributed by atoms with E-state index in [4.69, 9.17) is 28.4 Å². The highest BCUT2D eigenvalue weighted by Gasteiger charge is 2.51. The molecular weight excluding hydrogens is 500 g/mol. The molecule has 5 atom stereocenters. The molecule has 0 radical (unpaired) electrons. The summed E-state index contributed by atoms with van der Waals surface area (Å²) in [4.78, 5) is 24.1. The summed E-state index contributed by atoms with van der Waals surface area (Å²) in [5.74, 6) is -1.14. The predicted molar refractivity (Wildman–Crippen MR) is 142 cm³/mol. The topological polar surface area (TPSA) is 89.5 Å². The average molecular weight is 535 g/mol. The molecule has 0 amide bonds. The van der Waals surface area contributed by atoms with Gasteiger partial charge in [0.15, 0.2) is 6.10 Å².